The fraction of sp³-hybridized carbons (Fsp3) is 0.120. The number of amides is 3. The second kappa shape index (κ2) is 10.9. The lowest BCUT2D eigenvalue weighted by atomic mass is 10.0. The van der Waals surface area contributed by atoms with E-state index in [1.165, 1.54) is 25.1 Å². The van der Waals surface area contributed by atoms with Crippen LogP contribution in [0.1, 0.15) is 53.9 Å². The highest BCUT2D eigenvalue weighted by atomic mass is 79.9. The van der Waals surface area contributed by atoms with Crippen molar-refractivity contribution < 1.29 is 19.2 Å². The maximum atomic E-state index is 13.9. The van der Waals surface area contributed by atoms with Crippen LogP contribution in [0.3, 0.4) is 0 Å². The van der Waals surface area contributed by atoms with Gasteiger partial charge in [0.15, 0.2) is 5.78 Å². The summed E-state index contributed by atoms with van der Waals surface area (Å²) in [5, 5.41) is 1.89. The topological polar surface area (TPSA) is 74.8 Å². The van der Waals surface area contributed by atoms with Crippen LogP contribution in [0.5, 0.6) is 0 Å². The lowest BCUT2D eigenvalue weighted by Crippen LogP contribution is -2.56. The molecular weight excluding hydrogens is 783 g/mol. The molecule has 1 heterocycles. The highest BCUT2D eigenvalue weighted by molar-refractivity contribution is 9.15. The van der Waals surface area contributed by atoms with Gasteiger partial charge in [-0.25, -0.2) is 5.01 Å². The van der Waals surface area contributed by atoms with Gasteiger partial charge in [0.25, 0.3) is 17.7 Å². The molecule has 0 radical (unpaired) electrons. The van der Waals surface area contributed by atoms with Crippen LogP contribution in [-0.4, -0.2) is 39.6 Å². The van der Waals surface area contributed by atoms with Gasteiger partial charge in [0.1, 0.15) is 6.04 Å². The summed E-state index contributed by atoms with van der Waals surface area (Å²) in [4.78, 5) is 54.8. The number of Topliss-reactive ketones (excluding diaryl/α,β-unsaturated/α-hetero) is 1. The Bertz CT molecular complexity index is 1460. The third-order valence-electron chi connectivity index (χ3n) is 5.75. The fourth-order valence-electron chi connectivity index (χ4n) is 3.80. The Hall–Kier alpha value is -1.56. The fourth-order valence-corrected chi connectivity index (χ4v) is 6.56. The largest absolute Gasteiger partial charge is 0.292 e. The number of halogens is 6. The third kappa shape index (κ3) is 4.96. The van der Waals surface area contributed by atoms with Crippen LogP contribution in [0.2, 0.25) is 10.0 Å². The molecule has 0 saturated carbocycles. The first kappa shape index (κ1) is 28.4. The van der Waals surface area contributed by atoms with Gasteiger partial charge < -0.3 is 0 Å². The Balaban J connectivity index is 1.88. The van der Waals surface area contributed by atoms with Gasteiger partial charge in [-0.3, -0.25) is 19.2 Å². The predicted molar refractivity (Wildman–Crippen MR) is 155 cm³/mol. The van der Waals surface area contributed by atoms with Crippen molar-refractivity contribution in [2.75, 3.05) is 0 Å². The Kier molecular flexibility index (Phi) is 8.38. The number of imide groups is 1. The SMILES string of the molecule is Cc1ccc(C(=O)[C@@H](C)N(C(=O)c2ccc(Cl)c(Cl)c2)N2C(=O)c3c(Br)c(Br)c(Br)c(Br)c3C2=O)cc1. The van der Waals surface area contributed by atoms with E-state index in [4.69, 9.17) is 23.2 Å². The van der Waals surface area contributed by atoms with Crippen LogP contribution in [-0.2, 0) is 0 Å². The van der Waals surface area contributed by atoms with Crippen LogP contribution in [0, 0.1) is 6.92 Å². The van der Waals surface area contributed by atoms with Crippen molar-refractivity contribution in [1.29, 1.82) is 0 Å². The summed E-state index contributed by atoms with van der Waals surface area (Å²) in [6.07, 6.45) is 0. The number of benzene rings is 3. The summed E-state index contributed by atoms with van der Waals surface area (Å²) < 4.78 is 1.62. The second-order valence-corrected chi connectivity index (χ2v) is 12.1. The highest BCUT2D eigenvalue weighted by Gasteiger charge is 2.48. The molecule has 1 aliphatic heterocycles. The molecular formula is C25H14Br4Cl2N2O4. The predicted octanol–water partition coefficient (Wildman–Crippen LogP) is 8.28. The minimum atomic E-state index is -1.24. The quantitative estimate of drug-likeness (QED) is 0.113. The molecule has 0 N–H and O–H groups in total. The molecule has 0 aliphatic carbocycles. The molecule has 3 amide bonds. The zero-order valence-corrected chi connectivity index (χ0v) is 26.8. The van der Waals surface area contributed by atoms with Gasteiger partial charge >= 0.3 is 0 Å². The number of carbonyl (C=O) groups excluding carboxylic acids is 4. The summed E-state index contributed by atoms with van der Waals surface area (Å²) in [7, 11) is 0. The minimum absolute atomic E-state index is 0.0360. The summed E-state index contributed by atoms with van der Waals surface area (Å²) in [5.74, 6) is -2.81. The molecule has 0 unspecified atom stereocenters. The van der Waals surface area contributed by atoms with E-state index in [0.717, 1.165) is 10.6 Å². The van der Waals surface area contributed by atoms with Crippen LogP contribution in [0.25, 0.3) is 0 Å². The van der Waals surface area contributed by atoms with E-state index in [1.807, 2.05) is 6.92 Å². The van der Waals surface area contributed by atoms with Crippen molar-refractivity contribution in [2.24, 2.45) is 0 Å². The number of fused-ring (bicyclic) bond motifs is 1. The number of nitrogens with zero attached hydrogens (tertiary/aromatic N) is 2. The Morgan fingerprint density at radius 3 is 1.76 bits per heavy atom. The van der Waals surface area contributed by atoms with E-state index in [2.05, 4.69) is 63.7 Å². The summed E-state index contributed by atoms with van der Waals surface area (Å²) in [6.45, 7) is 3.33. The van der Waals surface area contributed by atoms with Crippen LogP contribution in [0.15, 0.2) is 60.4 Å². The molecule has 1 atom stereocenters. The smallest absolute Gasteiger partial charge is 0.282 e. The van der Waals surface area contributed by atoms with Gasteiger partial charge in [0.2, 0.25) is 0 Å². The molecule has 0 saturated heterocycles. The molecule has 12 heteroatoms. The number of hydrogen-bond acceptors (Lipinski definition) is 4. The molecule has 0 aromatic heterocycles. The van der Waals surface area contributed by atoms with E-state index >= 15 is 0 Å². The molecule has 37 heavy (non-hydrogen) atoms. The van der Waals surface area contributed by atoms with E-state index in [-0.39, 0.29) is 26.7 Å². The molecule has 3 aromatic carbocycles. The van der Waals surface area contributed by atoms with Gasteiger partial charge in [-0.2, -0.15) is 5.01 Å². The summed E-state index contributed by atoms with van der Waals surface area (Å²) >= 11 is 25.7. The Morgan fingerprint density at radius 1 is 0.784 bits per heavy atom. The monoisotopic (exact) mass is 792 g/mol. The normalized spacial score (nSPS) is 13.6. The number of aryl methyl sites for hydroxylation is 1. The molecule has 1 aliphatic rings. The molecule has 0 fully saturated rings. The molecule has 6 nitrogen and oxygen atoms in total. The lowest BCUT2D eigenvalue weighted by molar-refractivity contribution is -0.00685. The van der Waals surface area contributed by atoms with Crippen LogP contribution >= 0.6 is 86.9 Å². The Morgan fingerprint density at radius 2 is 1.27 bits per heavy atom. The van der Waals surface area contributed by atoms with Crippen molar-refractivity contribution in [1.82, 2.24) is 10.0 Å². The Labute approximate surface area is 255 Å². The number of carbonyl (C=O) groups is 4. The lowest BCUT2D eigenvalue weighted by Gasteiger charge is -2.34. The van der Waals surface area contributed by atoms with Crippen molar-refractivity contribution in [3.05, 3.63) is 98.2 Å². The van der Waals surface area contributed by atoms with Gasteiger partial charge in [0.05, 0.1) is 21.2 Å². The molecule has 0 spiro atoms. The van der Waals surface area contributed by atoms with E-state index < -0.39 is 29.5 Å². The minimum Gasteiger partial charge on any atom is -0.292 e. The first-order valence-corrected chi connectivity index (χ1v) is 14.4. The van der Waals surface area contributed by atoms with Gasteiger partial charge in [-0.15, -0.1) is 0 Å². The second-order valence-electron chi connectivity index (χ2n) is 8.11. The molecule has 190 valence electrons. The first-order chi connectivity index (χ1) is 17.4. The summed E-state index contributed by atoms with van der Waals surface area (Å²) in [6, 6.07) is 9.68. The molecule has 4 rings (SSSR count). The zero-order valence-electron chi connectivity index (χ0n) is 18.9. The zero-order chi connectivity index (χ0) is 27.3. The first-order valence-electron chi connectivity index (χ1n) is 10.5. The highest BCUT2D eigenvalue weighted by Crippen LogP contribution is 2.46. The maximum Gasteiger partial charge on any atom is 0.282 e. The van der Waals surface area contributed by atoms with Crippen LogP contribution in [0.4, 0.5) is 0 Å². The van der Waals surface area contributed by atoms with Crippen molar-refractivity contribution in [3.8, 4) is 0 Å². The van der Waals surface area contributed by atoms with Crippen molar-refractivity contribution in [3.63, 3.8) is 0 Å². The number of rotatable bonds is 5. The molecule has 3 aromatic rings. The maximum absolute atomic E-state index is 13.9. The average molecular weight is 797 g/mol. The summed E-state index contributed by atoms with van der Waals surface area (Å²) in [5.41, 5.74) is 1.37. The third-order valence-corrected chi connectivity index (χ3v) is 11.3. The molecule has 0 bridgehead atoms. The van der Waals surface area contributed by atoms with Crippen molar-refractivity contribution >= 4 is 110 Å². The van der Waals surface area contributed by atoms with E-state index in [1.54, 1.807) is 24.3 Å². The standard InChI is InChI=1S/C25H14Br4Cl2N2O4/c1-10-3-5-12(6-4-10)22(34)11(2)32(23(35)13-7-8-14(30)15(31)9-13)33-24(36)16-17(25(33)37)19(27)21(29)20(28)18(16)26/h3-9,11H,1-2H3/t11-/m1/s1. The number of hydrazine groups is 1. The van der Waals surface area contributed by atoms with Gasteiger partial charge in [0, 0.05) is 29.0 Å². The van der Waals surface area contributed by atoms with Gasteiger partial charge in [-0.1, -0.05) is 53.0 Å². The van der Waals surface area contributed by atoms with E-state index in [0.29, 0.717) is 28.5 Å². The van der Waals surface area contributed by atoms with Gasteiger partial charge in [-0.05, 0) is 95.8 Å². The number of ketones is 1. The van der Waals surface area contributed by atoms with Crippen molar-refractivity contribution in [2.45, 2.75) is 19.9 Å². The average Bonchev–Trinajstić information content (AvgIpc) is 3.13. The van der Waals surface area contributed by atoms with Crippen LogP contribution < -0.4 is 0 Å². The van der Waals surface area contributed by atoms with E-state index in [9.17, 15) is 19.2 Å². The number of hydrogen-bond donors (Lipinski definition) is 0.